The molecule has 122 valence electrons. The van der Waals surface area contributed by atoms with Crippen LogP contribution in [0.5, 0.6) is 11.5 Å². The minimum atomic E-state index is -0.176. The highest BCUT2D eigenvalue weighted by Crippen LogP contribution is 2.29. The second-order valence-electron chi connectivity index (χ2n) is 5.63. The van der Waals surface area contributed by atoms with Crippen LogP contribution in [0.3, 0.4) is 0 Å². The molecule has 0 saturated carbocycles. The van der Waals surface area contributed by atoms with Gasteiger partial charge in [0.05, 0.1) is 24.1 Å². The topological polar surface area (TPSA) is 62.1 Å². The maximum absolute atomic E-state index is 12.7. The van der Waals surface area contributed by atoms with E-state index in [9.17, 15) is 9.90 Å². The SMILES string of the molecule is COc1cc(C=C2C(=O)N(c3cccc(C)c3)N=C2C)ccc1O. The number of methoxy groups -OCH3 is 1. The number of hydrazone groups is 1. The Bertz CT molecular complexity index is 869. The van der Waals surface area contributed by atoms with Crippen LogP contribution in [0.4, 0.5) is 5.69 Å². The second kappa shape index (κ2) is 6.20. The average Bonchev–Trinajstić information content (AvgIpc) is 2.84. The number of amides is 1. The van der Waals surface area contributed by atoms with Crippen molar-refractivity contribution in [3.63, 3.8) is 0 Å². The fourth-order valence-electron chi connectivity index (χ4n) is 2.57. The summed E-state index contributed by atoms with van der Waals surface area (Å²) in [6.07, 6.45) is 1.75. The molecule has 0 unspecified atom stereocenters. The molecular weight excluding hydrogens is 304 g/mol. The average molecular weight is 322 g/mol. The van der Waals surface area contributed by atoms with E-state index in [4.69, 9.17) is 4.74 Å². The van der Waals surface area contributed by atoms with Crippen LogP contribution in [0.1, 0.15) is 18.1 Å². The normalized spacial score (nSPS) is 15.8. The minimum absolute atomic E-state index is 0.0594. The number of benzene rings is 2. The molecule has 5 heteroatoms. The largest absolute Gasteiger partial charge is 0.504 e. The van der Waals surface area contributed by atoms with Gasteiger partial charge in [0.25, 0.3) is 5.91 Å². The Hall–Kier alpha value is -3.08. The van der Waals surface area contributed by atoms with Crippen molar-refractivity contribution in [2.75, 3.05) is 12.1 Å². The van der Waals surface area contributed by atoms with Gasteiger partial charge in [-0.05, 0) is 55.3 Å². The van der Waals surface area contributed by atoms with Crippen LogP contribution in [0.2, 0.25) is 0 Å². The van der Waals surface area contributed by atoms with Crippen LogP contribution in [0, 0.1) is 6.92 Å². The summed E-state index contributed by atoms with van der Waals surface area (Å²) in [6.45, 7) is 3.78. The molecule has 1 amide bonds. The van der Waals surface area contributed by atoms with E-state index in [1.807, 2.05) is 31.2 Å². The molecule has 3 rings (SSSR count). The lowest BCUT2D eigenvalue weighted by Gasteiger charge is -2.12. The highest BCUT2D eigenvalue weighted by Gasteiger charge is 2.28. The summed E-state index contributed by atoms with van der Waals surface area (Å²) in [5, 5.41) is 15.5. The molecule has 24 heavy (non-hydrogen) atoms. The van der Waals surface area contributed by atoms with Gasteiger partial charge in [0.15, 0.2) is 11.5 Å². The fraction of sp³-hybridized carbons (Fsp3) is 0.158. The number of hydrogen-bond acceptors (Lipinski definition) is 4. The Labute approximate surface area is 140 Å². The number of hydrogen-bond donors (Lipinski definition) is 1. The summed E-state index contributed by atoms with van der Waals surface area (Å²) >= 11 is 0. The molecule has 5 nitrogen and oxygen atoms in total. The van der Waals surface area contributed by atoms with Gasteiger partial charge in [0.1, 0.15) is 0 Å². The zero-order chi connectivity index (χ0) is 17.3. The molecule has 1 aliphatic rings. The van der Waals surface area contributed by atoms with Crippen molar-refractivity contribution < 1.29 is 14.6 Å². The number of phenols is 1. The summed E-state index contributed by atoms with van der Waals surface area (Å²) in [6, 6.07) is 12.6. The summed E-state index contributed by atoms with van der Waals surface area (Å²) in [5.74, 6) is 0.245. The predicted molar refractivity (Wildman–Crippen MR) is 94.4 cm³/mol. The molecule has 0 aromatic heterocycles. The molecule has 0 spiro atoms. The number of anilines is 1. The molecule has 0 bridgehead atoms. The van der Waals surface area contributed by atoms with Crippen molar-refractivity contribution in [3.8, 4) is 11.5 Å². The van der Waals surface area contributed by atoms with Crippen LogP contribution in [0.15, 0.2) is 53.1 Å². The first-order chi connectivity index (χ1) is 11.5. The van der Waals surface area contributed by atoms with Gasteiger partial charge in [-0.3, -0.25) is 4.79 Å². The maximum Gasteiger partial charge on any atom is 0.280 e. The molecule has 1 aliphatic heterocycles. The number of carbonyl (C=O) groups is 1. The van der Waals surface area contributed by atoms with Crippen molar-refractivity contribution in [1.82, 2.24) is 0 Å². The van der Waals surface area contributed by atoms with Crippen LogP contribution < -0.4 is 9.75 Å². The van der Waals surface area contributed by atoms with E-state index in [1.165, 1.54) is 18.2 Å². The number of phenolic OH excluding ortho intramolecular Hbond substituents is 1. The third-order valence-corrected chi connectivity index (χ3v) is 3.82. The summed E-state index contributed by atoms with van der Waals surface area (Å²) in [7, 11) is 1.48. The zero-order valence-electron chi connectivity index (χ0n) is 13.8. The molecule has 0 aliphatic carbocycles. The lowest BCUT2D eigenvalue weighted by Crippen LogP contribution is -2.21. The third kappa shape index (κ3) is 2.88. The van der Waals surface area contributed by atoms with Gasteiger partial charge >= 0.3 is 0 Å². The number of ether oxygens (including phenoxy) is 1. The molecule has 1 N–H and O–H groups in total. The number of aromatic hydroxyl groups is 1. The van der Waals surface area contributed by atoms with Gasteiger partial charge in [-0.15, -0.1) is 0 Å². The smallest absolute Gasteiger partial charge is 0.280 e. The summed E-state index contributed by atoms with van der Waals surface area (Å²) < 4.78 is 5.10. The Morgan fingerprint density at radius 2 is 1.96 bits per heavy atom. The molecule has 0 saturated heterocycles. The van der Waals surface area contributed by atoms with Crippen LogP contribution >= 0.6 is 0 Å². The Balaban J connectivity index is 1.96. The van der Waals surface area contributed by atoms with Gasteiger partial charge < -0.3 is 9.84 Å². The standard InChI is InChI=1S/C19H18N2O3/c1-12-5-4-6-15(9-12)21-19(23)16(13(2)20-21)10-14-7-8-17(22)18(11-14)24-3/h4-11,22H,1-3H3. The monoisotopic (exact) mass is 322 g/mol. The van der Waals surface area contributed by atoms with Crippen molar-refractivity contribution in [2.24, 2.45) is 5.10 Å². The van der Waals surface area contributed by atoms with Crippen molar-refractivity contribution in [1.29, 1.82) is 0 Å². The van der Waals surface area contributed by atoms with Gasteiger partial charge in [-0.1, -0.05) is 18.2 Å². The first-order valence-electron chi connectivity index (χ1n) is 7.55. The van der Waals surface area contributed by atoms with Gasteiger partial charge in [0, 0.05) is 0 Å². The van der Waals surface area contributed by atoms with E-state index in [0.29, 0.717) is 17.0 Å². The Morgan fingerprint density at radius 3 is 2.67 bits per heavy atom. The molecule has 1 heterocycles. The van der Waals surface area contributed by atoms with Gasteiger partial charge in [-0.25, -0.2) is 0 Å². The quantitative estimate of drug-likeness (QED) is 0.880. The Morgan fingerprint density at radius 1 is 1.17 bits per heavy atom. The predicted octanol–water partition coefficient (Wildman–Crippen LogP) is 3.52. The van der Waals surface area contributed by atoms with Crippen molar-refractivity contribution in [2.45, 2.75) is 13.8 Å². The first-order valence-corrected chi connectivity index (χ1v) is 7.55. The lowest BCUT2D eigenvalue weighted by atomic mass is 10.1. The minimum Gasteiger partial charge on any atom is -0.504 e. The number of carbonyl (C=O) groups excluding carboxylic acids is 1. The molecule has 0 radical (unpaired) electrons. The Kier molecular flexibility index (Phi) is 4.08. The van der Waals surface area contributed by atoms with Crippen LogP contribution in [0.25, 0.3) is 6.08 Å². The van der Waals surface area contributed by atoms with Gasteiger partial charge in [0.2, 0.25) is 0 Å². The molecular formula is C19H18N2O3. The molecule has 2 aromatic rings. The van der Waals surface area contributed by atoms with Crippen molar-refractivity contribution >= 4 is 23.4 Å². The van der Waals surface area contributed by atoms with Crippen molar-refractivity contribution in [3.05, 3.63) is 59.2 Å². The summed E-state index contributed by atoms with van der Waals surface area (Å²) in [5.41, 5.74) is 3.73. The number of aryl methyl sites for hydroxylation is 1. The van der Waals surface area contributed by atoms with E-state index >= 15 is 0 Å². The maximum atomic E-state index is 12.7. The first kappa shape index (κ1) is 15.8. The highest BCUT2D eigenvalue weighted by molar-refractivity contribution is 6.32. The van der Waals surface area contributed by atoms with E-state index < -0.39 is 0 Å². The van der Waals surface area contributed by atoms with E-state index in [2.05, 4.69) is 5.10 Å². The van der Waals surface area contributed by atoms with E-state index in [0.717, 1.165) is 16.8 Å². The lowest BCUT2D eigenvalue weighted by molar-refractivity contribution is -0.114. The molecule has 0 atom stereocenters. The zero-order valence-corrected chi connectivity index (χ0v) is 13.8. The van der Waals surface area contributed by atoms with Crippen LogP contribution in [-0.2, 0) is 4.79 Å². The third-order valence-electron chi connectivity index (χ3n) is 3.82. The second-order valence-corrected chi connectivity index (χ2v) is 5.63. The summed E-state index contributed by atoms with van der Waals surface area (Å²) in [4.78, 5) is 12.7. The van der Waals surface area contributed by atoms with Crippen LogP contribution in [-0.4, -0.2) is 23.8 Å². The highest BCUT2D eigenvalue weighted by atomic mass is 16.5. The van der Waals surface area contributed by atoms with E-state index in [-0.39, 0.29) is 11.7 Å². The number of nitrogens with zero attached hydrogens (tertiary/aromatic N) is 2. The molecule has 2 aromatic carbocycles. The number of rotatable bonds is 3. The van der Waals surface area contributed by atoms with Gasteiger partial charge in [-0.2, -0.15) is 10.1 Å². The van der Waals surface area contributed by atoms with E-state index in [1.54, 1.807) is 25.1 Å². The fourth-order valence-corrected chi connectivity index (χ4v) is 2.57. The molecule has 0 fully saturated rings.